The minimum Gasteiger partial charge on any atom is -0.393 e. The molecule has 1 aromatic carbocycles. The molecule has 144 valence electrons. The third-order valence-electron chi connectivity index (χ3n) is 4.10. The highest BCUT2D eigenvalue weighted by Crippen LogP contribution is 2.28. The summed E-state index contributed by atoms with van der Waals surface area (Å²) in [5.41, 5.74) is 7.70. The normalized spacial score (nSPS) is 14.3. The third-order valence-corrected chi connectivity index (χ3v) is 5.01. The molecule has 0 atom stereocenters. The second kappa shape index (κ2) is 10.7. The van der Waals surface area contributed by atoms with E-state index in [1.807, 2.05) is 24.3 Å². The number of piperidine rings is 1. The molecule has 1 aromatic heterocycles. The van der Waals surface area contributed by atoms with Gasteiger partial charge < -0.3 is 21.1 Å². The molecule has 1 aliphatic heterocycles. The molecular formula is C17H24Cl2N4O2S. The van der Waals surface area contributed by atoms with Crippen molar-refractivity contribution < 1.29 is 9.90 Å². The average molecular weight is 419 g/mol. The minimum absolute atomic E-state index is 0. The van der Waals surface area contributed by atoms with Gasteiger partial charge in [-0.1, -0.05) is 12.1 Å². The smallest absolute Gasteiger partial charge is 0.275 e. The lowest BCUT2D eigenvalue weighted by molar-refractivity contribution is 0.102. The van der Waals surface area contributed by atoms with Gasteiger partial charge in [0.1, 0.15) is 5.69 Å². The number of carbonyl (C=O) groups is 1. The van der Waals surface area contributed by atoms with Gasteiger partial charge in [-0.2, -0.15) is 0 Å². The standard InChI is InChI=1S/C17H22N4O2S.2ClH/c18-8-5-16-19-14(11-24-16)17(23)20-13-3-1-2-4-15(13)21-9-6-12(22)7-10-21;;/h1-4,11-12,22H,5-10,18H2,(H,20,23);2*1H. The molecule has 0 bridgehead atoms. The summed E-state index contributed by atoms with van der Waals surface area (Å²) >= 11 is 1.46. The summed E-state index contributed by atoms with van der Waals surface area (Å²) in [6.07, 6.45) is 1.96. The number of nitrogens with zero attached hydrogens (tertiary/aromatic N) is 2. The van der Waals surface area contributed by atoms with Crippen molar-refractivity contribution in [3.8, 4) is 0 Å². The summed E-state index contributed by atoms with van der Waals surface area (Å²) in [5.74, 6) is -0.209. The van der Waals surface area contributed by atoms with Crippen molar-refractivity contribution in [2.75, 3.05) is 29.9 Å². The topological polar surface area (TPSA) is 91.5 Å². The van der Waals surface area contributed by atoms with Crippen molar-refractivity contribution in [3.05, 3.63) is 40.3 Å². The van der Waals surface area contributed by atoms with Crippen molar-refractivity contribution in [1.82, 2.24) is 4.98 Å². The van der Waals surface area contributed by atoms with E-state index in [4.69, 9.17) is 5.73 Å². The molecule has 0 saturated carbocycles. The Bertz CT molecular complexity index is 706. The molecule has 0 unspecified atom stereocenters. The van der Waals surface area contributed by atoms with Gasteiger partial charge in [-0.25, -0.2) is 4.98 Å². The summed E-state index contributed by atoms with van der Waals surface area (Å²) in [7, 11) is 0. The molecule has 0 aliphatic carbocycles. The van der Waals surface area contributed by atoms with E-state index in [0.717, 1.165) is 42.3 Å². The molecule has 4 N–H and O–H groups in total. The van der Waals surface area contributed by atoms with Crippen LogP contribution in [0.3, 0.4) is 0 Å². The fourth-order valence-corrected chi connectivity index (χ4v) is 3.60. The predicted octanol–water partition coefficient (Wildman–Crippen LogP) is 2.70. The Morgan fingerprint density at radius 2 is 2.00 bits per heavy atom. The number of amides is 1. The van der Waals surface area contributed by atoms with Crippen LogP contribution in [0, 0.1) is 0 Å². The molecule has 1 saturated heterocycles. The number of carbonyl (C=O) groups excluding carboxylic acids is 1. The summed E-state index contributed by atoms with van der Waals surface area (Å²) in [4.78, 5) is 19.0. The minimum atomic E-state index is -0.223. The summed E-state index contributed by atoms with van der Waals surface area (Å²) in [6, 6.07) is 7.75. The second-order valence-corrected chi connectivity index (χ2v) is 6.80. The van der Waals surface area contributed by atoms with Crippen LogP contribution in [0.4, 0.5) is 11.4 Å². The summed E-state index contributed by atoms with van der Waals surface area (Å²) < 4.78 is 0. The van der Waals surface area contributed by atoms with E-state index in [1.54, 1.807) is 5.38 Å². The fourth-order valence-electron chi connectivity index (χ4n) is 2.80. The molecule has 3 rings (SSSR count). The van der Waals surface area contributed by atoms with Crippen LogP contribution in [-0.4, -0.2) is 41.7 Å². The van der Waals surface area contributed by atoms with Crippen LogP contribution >= 0.6 is 36.2 Å². The van der Waals surface area contributed by atoms with E-state index in [-0.39, 0.29) is 36.8 Å². The zero-order valence-corrected chi connectivity index (χ0v) is 16.7. The van der Waals surface area contributed by atoms with E-state index in [2.05, 4.69) is 15.2 Å². The number of aliphatic hydroxyl groups excluding tert-OH is 1. The molecule has 6 nitrogen and oxygen atoms in total. The van der Waals surface area contributed by atoms with Gasteiger partial charge in [0.15, 0.2) is 0 Å². The number of aromatic nitrogens is 1. The van der Waals surface area contributed by atoms with Crippen molar-refractivity contribution in [2.45, 2.75) is 25.4 Å². The van der Waals surface area contributed by atoms with Crippen molar-refractivity contribution in [1.29, 1.82) is 0 Å². The second-order valence-electron chi connectivity index (χ2n) is 5.85. The number of halogens is 2. The SMILES string of the molecule is Cl.Cl.NCCc1nc(C(=O)Nc2ccccc2N2CCC(O)CC2)cs1. The molecule has 1 amide bonds. The molecule has 2 aromatic rings. The monoisotopic (exact) mass is 418 g/mol. The number of thiazole rings is 1. The number of nitrogens with one attached hydrogen (secondary N) is 1. The lowest BCUT2D eigenvalue weighted by Crippen LogP contribution is -2.36. The Kier molecular flexibility index (Phi) is 9.32. The Labute approximate surface area is 169 Å². The van der Waals surface area contributed by atoms with Crippen LogP contribution in [0.25, 0.3) is 0 Å². The summed E-state index contributed by atoms with van der Waals surface area (Å²) in [6.45, 7) is 2.09. The molecule has 1 aliphatic rings. The predicted molar refractivity (Wildman–Crippen MR) is 111 cm³/mol. The Balaban J connectivity index is 0.00000169. The highest BCUT2D eigenvalue weighted by molar-refractivity contribution is 7.09. The van der Waals surface area contributed by atoms with E-state index in [9.17, 15) is 9.90 Å². The lowest BCUT2D eigenvalue weighted by Gasteiger charge is -2.32. The Morgan fingerprint density at radius 3 is 2.69 bits per heavy atom. The van der Waals surface area contributed by atoms with Crippen LogP contribution < -0.4 is 16.0 Å². The summed E-state index contributed by atoms with van der Waals surface area (Å²) in [5, 5.41) is 15.3. The van der Waals surface area contributed by atoms with Gasteiger partial charge in [0, 0.05) is 24.9 Å². The highest BCUT2D eigenvalue weighted by atomic mass is 35.5. The molecule has 0 radical (unpaired) electrons. The number of para-hydroxylation sites is 2. The highest BCUT2D eigenvalue weighted by Gasteiger charge is 2.20. The van der Waals surface area contributed by atoms with Crippen molar-refractivity contribution in [2.24, 2.45) is 5.73 Å². The van der Waals surface area contributed by atoms with E-state index < -0.39 is 0 Å². The maximum Gasteiger partial charge on any atom is 0.275 e. The number of hydrogen-bond donors (Lipinski definition) is 3. The third kappa shape index (κ3) is 5.56. The number of anilines is 2. The van der Waals surface area contributed by atoms with Gasteiger partial charge in [-0.05, 0) is 31.5 Å². The zero-order valence-electron chi connectivity index (χ0n) is 14.3. The number of nitrogens with two attached hydrogens (primary N) is 1. The number of aliphatic hydroxyl groups is 1. The molecule has 1 fully saturated rings. The van der Waals surface area contributed by atoms with Crippen molar-refractivity contribution >= 4 is 53.4 Å². The van der Waals surface area contributed by atoms with Gasteiger partial charge in [-0.3, -0.25) is 4.79 Å². The first kappa shape index (κ1) is 22.7. The van der Waals surface area contributed by atoms with Crippen LogP contribution in [0.2, 0.25) is 0 Å². The molecule has 2 heterocycles. The number of hydrogen-bond acceptors (Lipinski definition) is 6. The molecule has 9 heteroatoms. The maximum absolute atomic E-state index is 12.5. The first-order valence-electron chi connectivity index (χ1n) is 8.15. The average Bonchev–Trinajstić information content (AvgIpc) is 3.05. The van der Waals surface area contributed by atoms with Crippen LogP contribution in [-0.2, 0) is 6.42 Å². The van der Waals surface area contributed by atoms with E-state index in [0.29, 0.717) is 18.7 Å². The van der Waals surface area contributed by atoms with E-state index in [1.165, 1.54) is 11.3 Å². The molecule has 0 spiro atoms. The Hall–Kier alpha value is -1.38. The van der Waals surface area contributed by atoms with Crippen LogP contribution in [0.1, 0.15) is 28.3 Å². The van der Waals surface area contributed by atoms with Gasteiger partial charge in [0.05, 0.1) is 22.5 Å². The molecular weight excluding hydrogens is 395 g/mol. The van der Waals surface area contributed by atoms with Gasteiger partial charge in [0.25, 0.3) is 5.91 Å². The van der Waals surface area contributed by atoms with Crippen LogP contribution in [0.15, 0.2) is 29.6 Å². The van der Waals surface area contributed by atoms with Gasteiger partial charge in [-0.15, -0.1) is 36.2 Å². The lowest BCUT2D eigenvalue weighted by atomic mass is 10.1. The van der Waals surface area contributed by atoms with E-state index >= 15 is 0 Å². The largest absolute Gasteiger partial charge is 0.393 e. The first-order valence-corrected chi connectivity index (χ1v) is 9.03. The maximum atomic E-state index is 12.5. The quantitative estimate of drug-likeness (QED) is 0.693. The number of benzene rings is 1. The number of rotatable bonds is 5. The van der Waals surface area contributed by atoms with Gasteiger partial charge >= 0.3 is 0 Å². The van der Waals surface area contributed by atoms with Gasteiger partial charge in [0.2, 0.25) is 0 Å². The molecule has 26 heavy (non-hydrogen) atoms. The van der Waals surface area contributed by atoms with Crippen molar-refractivity contribution in [3.63, 3.8) is 0 Å². The van der Waals surface area contributed by atoms with Crippen LogP contribution in [0.5, 0.6) is 0 Å². The Morgan fingerprint density at radius 1 is 1.31 bits per heavy atom. The zero-order chi connectivity index (χ0) is 16.9. The fraction of sp³-hybridized carbons (Fsp3) is 0.412. The first-order chi connectivity index (χ1) is 11.7.